The fourth-order valence-electron chi connectivity index (χ4n) is 3.96. The van der Waals surface area contributed by atoms with Crippen LogP contribution in [0.3, 0.4) is 0 Å². The standard InChI is InChI=1S/C17H35N3O/c1-5-6-15-13-17(14-18,7-12-21-15)20-10-8-19(9-11-20)16(2,3)4/h15H,5-14,18H2,1-4H3. The Labute approximate surface area is 131 Å². The topological polar surface area (TPSA) is 41.7 Å². The van der Waals surface area contributed by atoms with Gasteiger partial charge in [-0.15, -0.1) is 0 Å². The molecule has 2 fully saturated rings. The van der Waals surface area contributed by atoms with Gasteiger partial charge in [0.2, 0.25) is 0 Å². The fraction of sp³-hybridized carbons (Fsp3) is 1.00. The molecule has 2 aliphatic heterocycles. The van der Waals surface area contributed by atoms with Crippen LogP contribution in [-0.2, 0) is 4.74 Å². The summed E-state index contributed by atoms with van der Waals surface area (Å²) < 4.78 is 5.95. The lowest BCUT2D eigenvalue weighted by Crippen LogP contribution is -2.64. The van der Waals surface area contributed by atoms with Crippen LogP contribution in [0, 0.1) is 0 Å². The lowest BCUT2D eigenvalue weighted by atomic mass is 9.83. The molecule has 2 rings (SSSR count). The molecule has 4 nitrogen and oxygen atoms in total. The first-order chi connectivity index (χ1) is 9.91. The molecule has 0 aliphatic carbocycles. The second-order valence-corrected chi connectivity index (χ2v) is 7.81. The second-order valence-electron chi connectivity index (χ2n) is 7.81. The predicted octanol–water partition coefficient (Wildman–Crippen LogP) is 2.08. The first kappa shape index (κ1) is 17.2. The molecule has 0 radical (unpaired) electrons. The van der Waals surface area contributed by atoms with Crippen molar-refractivity contribution in [3.05, 3.63) is 0 Å². The van der Waals surface area contributed by atoms with Crippen molar-refractivity contribution in [2.75, 3.05) is 39.3 Å². The number of hydrogen-bond acceptors (Lipinski definition) is 4. The van der Waals surface area contributed by atoms with Gasteiger partial charge in [0, 0.05) is 50.4 Å². The number of nitrogens with two attached hydrogens (primary N) is 1. The van der Waals surface area contributed by atoms with Crippen LogP contribution in [0.1, 0.15) is 53.4 Å². The monoisotopic (exact) mass is 297 g/mol. The average molecular weight is 297 g/mol. The number of nitrogens with zero attached hydrogens (tertiary/aromatic N) is 2. The molecule has 2 aliphatic rings. The van der Waals surface area contributed by atoms with Gasteiger partial charge in [-0.3, -0.25) is 9.80 Å². The van der Waals surface area contributed by atoms with Crippen LogP contribution < -0.4 is 5.73 Å². The van der Waals surface area contributed by atoms with E-state index in [1.807, 2.05) is 0 Å². The molecule has 2 heterocycles. The van der Waals surface area contributed by atoms with Crippen LogP contribution >= 0.6 is 0 Å². The molecule has 0 spiro atoms. The quantitative estimate of drug-likeness (QED) is 0.862. The number of piperazine rings is 1. The maximum Gasteiger partial charge on any atom is 0.0593 e. The van der Waals surface area contributed by atoms with Gasteiger partial charge in [-0.1, -0.05) is 13.3 Å². The van der Waals surface area contributed by atoms with E-state index < -0.39 is 0 Å². The van der Waals surface area contributed by atoms with Crippen molar-refractivity contribution in [3.8, 4) is 0 Å². The summed E-state index contributed by atoms with van der Waals surface area (Å²) in [6.07, 6.45) is 4.99. The lowest BCUT2D eigenvalue weighted by Gasteiger charge is -2.52. The second kappa shape index (κ2) is 6.95. The Hall–Kier alpha value is -0.160. The normalized spacial score (nSPS) is 33.3. The Morgan fingerprint density at radius 1 is 1.19 bits per heavy atom. The Bertz CT molecular complexity index is 318. The summed E-state index contributed by atoms with van der Waals surface area (Å²) in [5.74, 6) is 0. The van der Waals surface area contributed by atoms with E-state index in [-0.39, 0.29) is 11.1 Å². The highest BCUT2D eigenvalue weighted by Gasteiger charge is 2.42. The van der Waals surface area contributed by atoms with Crippen molar-refractivity contribution in [3.63, 3.8) is 0 Å². The third-order valence-electron chi connectivity index (χ3n) is 5.42. The smallest absolute Gasteiger partial charge is 0.0593 e. The molecule has 4 heteroatoms. The largest absolute Gasteiger partial charge is 0.378 e. The maximum atomic E-state index is 6.24. The summed E-state index contributed by atoms with van der Waals surface area (Å²) in [4.78, 5) is 5.26. The SMILES string of the molecule is CCCC1CC(CN)(N2CCN(C(C)(C)C)CC2)CCO1. The van der Waals surface area contributed by atoms with Gasteiger partial charge in [0.25, 0.3) is 0 Å². The fourth-order valence-corrected chi connectivity index (χ4v) is 3.96. The number of ether oxygens (including phenoxy) is 1. The summed E-state index contributed by atoms with van der Waals surface area (Å²) in [5.41, 5.74) is 6.70. The zero-order valence-corrected chi connectivity index (χ0v) is 14.5. The molecular formula is C17H35N3O. The molecule has 124 valence electrons. The van der Waals surface area contributed by atoms with Crippen molar-refractivity contribution in [2.24, 2.45) is 5.73 Å². The van der Waals surface area contributed by atoms with E-state index in [4.69, 9.17) is 10.5 Å². The Balaban J connectivity index is 1.98. The van der Waals surface area contributed by atoms with E-state index in [1.165, 1.54) is 12.8 Å². The van der Waals surface area contributed by atoms with E-state index in [9.17, 15) is 0 Å². The van der Waals surface area contributed by atoms with Crippen molar-refractivity contribution in [1.29, 1.82) is 0 Å². The van der Waals surface area contributed by atoms with Gasteiger partial charge in [-0.2, -0.15) is 0 Å². The minimum absolute atomic E-state index is 0.183. The summed E-state index contributed by atoms with van der Waals surface area (Å²) >= 11 is 0. The van der Waals surface area contributed by atoms with Gasteiger partial charge in [0.15, 0.2) is 0 Å². The summed E-state index contributed by atoms with van der Waals surface area (Å²) in [7, 11) is 0. The molecule has 2 unspecified atom stereocenters. The average Bonchev–Trinajstić information content (AvgIpc) is 2.47. The third-order valence-corrected chi connectivity index (χ3v) is 5.42. The van der Waals surface area contributed by atoms with E-state index in [0.717, 1.165) is 52.2 Å². The summed E-state index contributed by atoms with van der Waals surface area (Å²) in [6.45, 7) is 15.4. The van der Waals surface area contributed by atoms with Crippen LogP contribution in [0.15, 0.2) is 0 Å². The van der Waals surface area contributed by atoms with Crippen molar-refractivity contribution in [2.45, 2.75) is 70.6 Å². The van der Waals surface area contributed by atoms with Crippen LogP contribution in [0.4, 0.5) is 0 Å². The predicted molar refractivity (Wildman–Crippen MR) is 88.6 cm³/mol. The highest BCUT2D eigenvalue weighted by atomic mass is 16.5. The number of hydrogen-bond donors (Lipinski definition) is 1. The van der Waals surface area contributed by atoms with Crippen LogP contribution in [-0.4, -0.2) is 66.3 Å². The highest BCUT2D eigenvalue weighted by Crippen LogP contribution is 2.33. The van der Waals surface area contributed by atoms with Crippen molar-refractivity contribution < 1.29 is 4.74 Å². The van der Waals surface area contributed by atoms with Gasteiger partial charge in [0.1, 0.15) is 0 Å². The van der Waals surface area contributed by atoms with Crippen LogP contribution in [0.25, 0.3) is 0 Å². The lowest BCUT2D eigenvalue weighted by molar-refractivity contribution is -0.0894. The molecule has 0 amide bonds. The molecule has 2 saturated heterocycles. The van der Waals surface area contributed by atoms with E-state index in [0.29, 0.717) is 6.10 Å². The first-order valence-corrected chi connectivity index (χ1v) is 8.73. The molecule has 0 aromatic rings. The molecule has 0 saturated carbocycles. The van der Waals surface area contributed by atoms with Crippen molar-refractivity contribution in [1.82, 2.24) is 9.80 Å². The Morgan fingerprint density at radius 2 is 1.86 bits per heavy atom. The van der Waals surface area contributed by atoms with Gasteiger partial charge in [0.05, 0.1) is 6.10 Å². The molecule has 2 atom stereocenters. The molecule has 21 heavy (non-hydrogen) atoms. The molecule has 0 bridgehead atoms. The first-order valence-electron chi connectivity index (χ1n) is 8.73. The minimum Gasteiger partial charge on any atom is -0.378 e. The van der Waals surface area contributed by atoms with Gasteiger partial charge >= 0.3 is 0 Å². The molecule has 2 N–H and O–H groups in total. The van der Waals surface area contributed by atoms with Crippen molar-refractivity contribution >= 4 is 0 Å². The maximum absolute atomic E-state index is 6.24. The Kier molecular flexibility index (Phi) is 5.69. The highest BCUT2D eigenvalue weighted by molar-refractivity contribution is 4.98. The summed E-state index contributed by atoms with van der Waals surface area (Å²) in [5, 5.41) is 0. The Morgan fingerprint density at radius 3 is 2.38 bits per heavy atom. The molecular weight excluding hydrogens is 262 g/mol. The molecule has 0 aromatic heterocycles. The van der Waals surface area contributed by atoms with Gasteiger partial charge in [-0.25, -0.2) is 0 Å². The minimum atomic E-state index is 0.183. The van der Waals surface area contributed by atoms with Gasteiger partial charge < -0.3 is 10.5 Å². The third kappa shape index (κ3) is 3.98. The van der Waals surface area contributed by atoms with Gasteiger partial charge in [-0.05, 0) is 40.0 Å². The summed E-state index contributed by atoms with van der Waals surface area (Å²) in [6, 6.07) is 0. The van der Waals surface area contributed by atoms with E-state index in [2.05, 4.69) is 37.5 Å². The molecule has 0 aromatic carbocycles. The van der Waals surface area contributed by atoms with Crippen LogP contribution in [0.2, 0.25) is 0 Å². The van der Waals surface area contributed by atoms with E-state index in [1.54, 1.807) is 0 Å². The number of rotatable bonds is 4. The zero-order valence-electron chi connectivity index (χ0n) is 14.5. The zero-order chi connectivity index (χ0) is 15.5. The van der Waals surface area contributed by atoms with E-state index >= 15 is 0 Å². The van der Waals surface area contributed by atoms with Crippen LogP contribution in [0.5, 0.6) is 0 Å².